The van der Waals surface area contributed by atoms with Crippen molar-refractivity contribution in [2.45, 2.75) is 91.2 Å². The van der Waals surface area contributed by atoms with E-state index in [1.807, 2.05) is 20.8 Å². The van der Waals surface area contributed by atoms with Gasteiger partial charge in [-0.05, 0) is 69.7 Å². The summed E-state index contributed by atoms with van der Waals surface area (Å²) in [6, 6.07) is 4.26. The largest absolute Gasteiger partial charge is 0.496 e. The monoisotopic (exact) mass is 441 g/mol. The van der Waals surface area contributed by atoms with E-state index in [1.54, 1.807) is 7.11 Å². The molecule has 4 nitrogen and oxygen atoms in total. The number of halogens is 1. The molecule has 0 heterocycles. The van der Waals surface area contributed by atoms with Crippen LogP contribution in [0, 0.1) is 0 Å². The van der Waals surface area contributed by atoms with Crippen molar-refractivity contribution < 1.29 is 14.3 Å². The van der Waals surface area contributed by atoms with Gasteiger partial charge in [0.1, 0.15) is 11.4 Å². The Morgan fingerprint density at radius 3 is 2.41 bits per heavy atom. The molecule has 0 spiro atoms. The lowest BCUT2D eigenvalue weighted by molar-refractivity contribution is 0.0502. The Labute approximate surface area is 173 Å². The number of rotatable bonds is 10. The minimum Gasteiger partial charge on any atom is -0.496 e. The minimum atomic E-state index is -0.498. The van der Waals surface area contributed by atoms with Crippen molar-refractivity contribution in [3.8, 4) is 5.75 Å². The molecule has 0 aliphatic carbocycles. The fraction of sp³-hybridized carbons (Fsp3) is 0.682. The number of amides is 1. The number of hydrogen-bond donors (Lipinski definition) is 1. The molecule has 1 aromatic carbocycles. The van der Waals surface area contributed by atoms with E-state index in [2.05, 4.69) is 47.2 Å². The van der Waals surface area contributed by atoms with Crippen LogP contribution in [0.25, 0.3) is 0 Å². The van der Waals surface area contributed by atoms with Crippen LogP contribution in [0.3, 0.4) is 0 Å². The summed E-state index contributed by atoms with van der Waals surface area (Å²) in [7, 11) is 1.70. The lowest BCUT2D eigenvalue weighted by Gasteiger charge is -2.24. The highest BCUT2D eigenvalue weighted by Gasteiger charge is 2.20. The Morgan fingerprint density at radius 1 is 1.15 bits per heavy atom. The van der Waals surface area contributed by atoms with E-state index in [0.717, 1.165) is 28.6 Å². The first-order chi connectivity index (χ1) is 12.7. The van der Waals surface area contributed by atoms with Crippen molar-refractivity contribution in [3.05, 3.63) is 27.7 Å². The van der Waals surface area contributed by atoms with Crippen molar-refractivity contribution in [1.29, 1.82) is 0 Å². The molecule has 0 fully saturated rings. The second-order valence-corrected chi connectivity index (χ2v) is 8.88. The zero-order chi connectivity index (χ0) is 20.4. The lowest BCUT2D eigenvalue weighted by Crippen LogP contribution is -2.40. The molecule has 0 saturated carbocycles. The van der Waals surface area contributed by atoms with Gasteiger partial charge in [-0.25, -0.2) is 4.79 Å². The number of methoxy groups -OCH3 is 1. The SMILES string of the molecule is CCCCCCc1cc(OC)c(CC(CC)NC(=O)OC(C)(C)C)cc1Br. The first-order valence-corrected chi connectivity index (χ1v) is 10.8. The van der Waals surface area contributed by atoms with E-state index in [9.17, 15) is 4.79 Å². The number of benzene rings is 1. The quantitative estimate of drug-likeness (QED) is 0.425. The highest BCUT2D eigenvalue weighted by Crippen LogP contribution is 2.30. The van der Waals surface area contributed by atoms with Crippen LogP contribution in [-0.4, -0.2) is 24.8 Å². The van der Waals surface area contributed by atoms with Crippen LogP contribution >= 0.6 is 15.9 Å². The molecule has 27 heavy (non-hydrogen) atoms. The summed E-state index contributed by atoms with van der Waals surface area (Å²) < 4.78 is 12.1. The Hall–Kier alpha value is -1.23. The maximum atomic E-state index is 12.1. The van der Waals surface area contributed by atoms with E-state index in [1.165, 1.54) is 31.2 Å². The van der Waals surface area contributed by atoms with Gasteiger partial charge in [-0.2, -0.15) is 0 Å². The van der Waals surface area contributed by atoms with E-state index >= 15 is 0 Å². The molecule has 0 radical (unpaired) electrons. The average molecular weight is 442 g/mol. The van der Waals surface area contributed by atoms with Gasteiger partial charge in [0, 0.05) is 10.5 Å². The molecule has 0 aliphatic rings. The highest BCUT2D eigenvalue weighted by atomic mass is 79.9. The topological polar surface area (TPSA) is 47.6 Å². The van der Waals surface area contributed by atoms with Gasteiger partial charge in [-0.15, -0.1) is 0 Å². The average Bonchev–Trinajstić information content (AvgIpc) is 2.57. The van der Waals surface area contributed by atoms with Crippen LogP contribution in [0.1, 0.15) is 77.8 Å². The molecule has 0 bridgehead atoms. The van der Waals surface area contributed by atoms with E-state index < -0.39 is 5.60 Å². The maximum absolute atomic E-state index is 12.1. The van der Waals surface area contributed by atoms with Gasteiger partial charge >= 0.3 is 6.09 Å². The summed E-state index contributed by atoms with van der Waals surface area (Å²) in [6.45, 7) is 9.89. The molecule has 1 aromatic rings. The van der Waals surface area contributed by atoms with E-state index in [4.69, 9.17) is 9.47 Å². The minimum absolute atomic E-state index is 0.00365. The third kappa shape index (κ3) is 9.00. The number of unbranched alkanes of at least 4 members (excludes halogenated alkanes) is 3. The molecule has 1 rings (SSSR count). The van der Waals surface area contributed by atoms with Crippen molar-refractivity contribution in [2.75, 3.05) is 7.11 Å². The van der Waals surface area contributed by atoms with Crippen LogP contribution in [0.15, 0.2) is 16.6 Å². The van der Waals surface area contributed by atoms with Gasteiger partial charge in [0.05, 0.1) is 7.11 Å². The number of nitrogens with one attached hydrogen (secondary N) is 1. The summed E-state index contributed by atoms with van der Waals surface area (Å²) in [5.41, 5.74) is 1.87. The molecule has 1 amide bonds. The summed E-state index contributed by atoms with van der Waals surface area (Å²) >= 11 is 3.71. The molecule has 154 valence electrons. The summed E-state index contributed by atoms with van der Waals surface area (Å²) in [6.07, 6.45) is 7.15. The normalized spacial score (nSPS) is 12.6. The van der Waals surface area contributed by atoms with Crippen molar-refractivity contribution in [2.24, 2.45) is 0 Å². The molecule has 1 unspecified atom stereocenters. The zero-order valence-electron chi connectivity index (χ0n) is 17.8. The van der Waals surface area contributed by atoms with Crippen molar-refractivity contribution in [1.82, 2.24) is 5.32 Å². The molecule has 1 atom stereocenters. The predicted octanol–water partition coefficient (Wildman–Crippen LogP) is 6.43. The summed E-state index contributed by atoms with van der Waals surface area (Å²) in [4.78, 5) is 12.1. The summed E-state index contributed by atoms with van der Waals surface area (Å²) in [5.74, 6) is 0.883. The first-order valence-electron chi connectivity index (χ1n) is 10.0. The van der Waals surface area contributed by atoms with Crippen LogP contribution in [0.4, 0.5) is 4.79 Å². The molecular formula is C22H36BrNO3. The van der Waals surface area contributed by atoms with Crippen LogP contribution in [0.2, 0.25) is 0 Å². The second-order valence-electron chi connectivity index (χ2n) is 8.02. The lowest BCUT2D eigenvalue weighted by atomic mass is 9.99. The second kappa shape index (κ2) is 11.6. The van der Waals surface area contributed by atoms with Crippen LogP contribution < -0.4 is 10.1 Å². The van der Waals surface area contributed by atoms with Crippen molar-refractivity contribution in [3.63, 3.8) is 0 Å². The Bertz CT molecular complexity index is 596. The molecule has 5 heteroatoms. The third-order valence-corrected chi connectivity index (χ3v) is 5.17. The molecule has 0 aromatic heterocycles. The number of aryl methyl sites for hydroxylation is 1. The van der Waals surface area contributed by atoms with Crippen LogP contribution in [-0.2, 0) is 17.6 Å². The van der Waals surface area contributed by atoms with Gasteiger partial charge < -0.3 is 14.8 Å². The number of alkyl carbamates (subject to hydrolysis) is 1. The maximum Gasteiger partial charge on any atom is 0.407 e. The standard InChI is InChI=1S/C22H36BrNO3/c1-7-9-10-11-12-16-15-20(26-6)17(14-19(16)23)13-18(8-2)24-21(25)27-22(3,4)5/h14-15,18H,7-13H2,1-6H3,(H,24,25). The molecule has 0 saturated heterocycles. The van der Waals surface area contributed by atoms with Gasteiger partial charge in [-0.3, -0.25) is 0 Å². The van der Waals surface area contributed by atoms with E-state index in [-0.39, 0.29) is 12.1 Å². The molecule has 0 aliphatic heterocycles. The number of hydrogen-bond acceptors (Lipinski definition) is 3. The number of ether oxygens (including phenoxy) is 2. The zero-order valence-corrected chi connectivity index (χ0v) is 19.4. The van der Waals surface area contributed by atoms with Crippen molar-refractivity contribution >= 4 is 22.0 Å². The Morgan fingerprint density at radius 2 is 1.85 bits per heavy atom. The van der Waals surface area contributed by atoms with Gasteiger partial charge in [0.2, 0.25) is 0 Å². The van der Waals surface area contributed by atoms with E-state index in [0.29, 0.717) is 6.42 Å². The van der Waals surface area contributed by atoms with Gasteiger partial charge in [-0.1, -0.05) is 49.0 Å². The molecule has 1 N–H and O–H groups in total. The smallest absolute Gasteiger partial charge is 0.407 e. The molecular weight excluding hydrogens is 406 g/mol. The number of carbonyl (C=O) groups excluding carboxylic acids is 1. The Balaban J connectivity index is 2.82. The highest BCUT2D eigenvalue weighted by molar-refractivity contribution is 9.10. The van der Waals surface area contributed by atoms with Gasteiger partial charge in [0.15, 0.2) is 0 Å². The Kier molecular flexibility index (Phi) is 10.2. The van der Waals surface area contributed by atoms with Crippen LogP contribution in [0.5, 0.6) is 5.75 Å². The third-order valence-electron chi connectivity index (χ3n) is 4.43. The van der Waals surface area contributed by atoms with Gasteiger partial charge in [0.25, 0.3) is 0 Å². The fourth-order valence-electron chi connectivity index (χ4n) is 2.96. The fourth-order valence-corrected chi connectivity index (χ4v) is 3.55. The summed E-state index contributed by atoms with van der Waals surface area (Å²) in [5, 5.41) is 2.97. The number of carbonyl (C=O) groups is 1. The first kappa shape index (κ1) is 23.8. The predicted molar refractivity (Wildman–Crippen MR) is 116 cm³/mol.